The summed E-state index contributed by atoms with van der Waals surface area (Å²) in [5, 5.41) is 0. The molecule has 5 atom stereocenters. The summed E-state index contributed by atoms with van der Waals surface area (Å²) in [6.45, 7) is 2.94. The highest BCUT2D eigenvalue weighted by Gasteiger charge is 2.71. The number of rotatable bonds is 1. The molecule has 2 aliphatic heterocycles. The summed E-state index contributed by atoms with van der Waals surface area (Å²) in [6.07, 6.45) is 1.06. The van der Waals surface area contributed by atoms with Gasteiger partial charge in [-0.2, -0.15) is 0 Å². The zero-order chi connectivity index (χ0) is 15.9. The van der Waals surface area contributed by atoms with Gasteiger partial charge in [-0.05, 0) is 36.8 Å². The van der Waals surface area contributed by atoms with Crippen molar-refractivity contribution in [1.29, 1.82) is 0 Å². The van der Waals surface area contributed by atoms with Crippen LogP contribution in [-0.2, 0) is 4.79 Å². The van der Waals surface area contributed by atoms with Crippen molar-refractivity contribution in [1.82, 2.24) is 4.90 Å². The lowest BCUT2D eigenvalue weighted by atomic mass is 9.75. The number of hydrogen-bond acceptors (Lipinski definition) is 3. The van der Waals surface area contributed by atoms with Gasteiger partial charge in [0.1, 0.15) is 0 Å². The van der Waals surface area contributed by atoms with Gasteiger partial charge in [-0.25, -0.2) is 8.78 Å². The number of likely N-dealkylation sites (tertiary alicyclic amines) is 1. The molecular weight excluding hydrogens is 304 g/mol. The van der Waals surface area contributed by atoms with E-state index < -0.39 is 23.8 Å². The summed E-state index contributed by atoms with van der Waals surface area (Å²) in [4.78, 5) is 14.5. The van der Waals surface area contributed by atoms with E-state index in [1.54, 1.807) is 4.90 Å². The minimum atomic E-state index is -0.640. The lowest BCUT2D eigenvalue weighted by Gasteiger charge is -2.34. The quantitative estimate of drug-likeness (QED) is 0.797. The molecule has 4 nitrogen and oxygen atoms in total. The van der Waals surface area contributed by atoms with Crippen LogP contribution in [0.3, 0.4) is 0 Å². The first-order chi connectivity index (χ1) is 11.0. The van der Waals surface area contributed by atoms with E-state index in [0.717, 1.165) is 25.0 Å². The van der Waals surface area contributed by atoms with E-state index in [1.165, 1.54) is 0 Å². The van der Waals surface area contributed by atoms with E-state index in [9.17, 15) is 13.6 Å². The average molecular weight is 321 g/mol. The second kappa shape index (κ2) is 4.16. The third kappa shape index (κ3) is 1.66. The second-order valence-electron chi connectivity index (χ2n) is 7.36. The second-order valence-corrected chi connectivity index (χ2v) is 7.36. The summed E-state index contributed by atoms with van der Waals surface area (Å²) >= 11 is 0. The highest BCUT2D eigenvalue weighted by molar-refractivity contribution is 5.88. The molecule has 2 saturated carbocycles. The highest BCUT2D eigenvalue weighted by Crippen LogP contribution is 2.71. The molecule has 122 valence electrons. The van der Waals surface area contributed by atoms with Crippen LogP contribution in [-0.4, -0.2) is 36.1 Å². The zero-order valence-electron chi connectivity index (χ0n) is 12.7. The maximum atomic E-state index is 13.8. The van der Waals surface area contributed by atoms with Gasteiger partial charge in [0.05, 0.1) is 18.5 Å². The molecule has 5 rings (SSSR count). The van der Waals surface area contributed by atoms with Crippen molar-refractivity contribution >= 4 is 5.91 Å². The van der Waals surface area contributed by atoms with E-state index in [0.29, 0.717) is 24.9 Å². The minimum Gasteiger partial charge on any atom is -0.478 e. The predicted octanol–water partition coefficient (Wildman–Crippen LogP) is 2.36. The van der Waals surface area contributed by atoms with Gasteiger partial charge in [-0.15, -0.1) is 0 Å². The van der Waals surface area contributed by atoms with Gasteiger partial charge in [0.15, 0.2) is 23.8 Å². The number of benzene rings is 1. The molecule has 0 spiro atoms. The van der Waals surface area contributed by atoms with Crippen molar-refractivity contribution in [2.75, 3.05) is 13.1 Å². The van der Waals surface area contributed by atoms with Gasteiger partial charge in [-0.1, -0.05) is 6.92 Å². The Morgan fingerprint density at radius 3 is 2.13 bits per heavy atom. The van der Waals surface area contributed by atoms with Crippen LogP contribution in [0.2, 0.25) is 0 Å². The van der Waals surface area contributed by atoms with Crippen LogP contribution in [0.1, 0.15) is 19.8 Å². The number of carbonyl (C=O) groups is 1. The fourth-order valence-corrected chi connectivity index (χ4v) is 4.69. The molecule has 4 aliphatic rings. The van der Waals surface area contributed by atoms with Gasteiger partial charge in [0.25, 0.3) is 0 Å². The van der Waals surface area contributed by atoms with Crippen LogP contribution in [0.25, 0.3) is 0 Å². The van der Waals surface area contributed by atoms with Gasteiger partial charge < -0.3 is 14.4 Å². The molecular formula is C17H17F2NO3. The van der Waals surface area contributed by atoms with Crippen molar-refractivity contribution in [3.63, 3.8) is 0 Å². The molecule has 1 aromatic carbocycles. The van der Waals surface area contributed by atoms with Gasteiger partial charge >= 0.3 is 0 Å². The molecule has 6 heteroatoms. The van der Waals surface area contributed by atoms with E-state index in [1.807, 2.05) is 0 Å². The number of amides is 1. The lowest BCUT2D eigenvalue weighted by molar-refractivity contribution is -0.140. The normalized spacial score (nSPS) is 39.3. The Morgan fingerprint density at radius 2 is 1.70 bits per heavy atom. The molecule has 0 aromatic heterocycles. The fraction of sp³-hybridized carbons (Fsp3) is 0.588. The lowest BCUT2D eigenvalue weighted by Crippen LogP contribution is -2.42. The van der Waals surface area contributed by atoms with Crippen LogP contribution in [0.15, 0.2) is 12.1 Å². The zero-order valence-corrected chi connectivity index (χ0v) is 12.7. The van der Waals surface area contributed by atoms with Crippen molar-refractivity contribution < 1.29 is 23.0 Å². The Morgan fingerprint density at radius 1 is 1.13 bits per heavy atom. The topological polar surface area (TPSA) is 38.8 Å². The third-order valence-corrected chi connectivity index (χ3v) is 5.99. The Labute approximate surface area is 132 Å². The monoisotopic (exact) mass is 321 g/mol. The van der Waals surface area contributed by atoms with Crippen LogP contribution in [0, 0.1) is 28.9 Å². The number of fused-ring (bicyclic) bond motifs is 3. The minimum absolute atomic E-state index is 0.156. The molecule has 1 amide bonds. The van der Waals surface area contributed by atoms with Gasteiger partial charge in [0.2, 0.25) is 17.4 Å². The van der Waals surface area contributed by atoms with E-state index in [2.05, 4.69) is 6.92 Å². The van der Waals surface area contributed by atoms with E-state index >= 15 is 0 Å². The first-order valence-electron chi connectivity index (χ1n) is 8.10. The standard InChI is InChI=1S/C17H17F2NO3/c1-8-4-17(5-9(8)17)16(21)20-6-12-13(7-20)23-15-11(19)3-2-10(18)14(15)22-12/h2-3,8-9,12-13H,4-7H2,1H3/t8-,9-,12-,13+,17+/m1/s1. The number of hydrogen-bond donors (Lipinski definition) is 0. The van der Waals surface area contributed by atoms with Crippen LogP contribution >= 0.6 is 0 Å². The predicted molar refractivity (Wildman–Crippen MR) is 76.1 cm³/mol. The molecule has 0 radical (unpaired) electrons. The molecule has 0 unspecified atom stereocenters. The molecule has 1 saturated heterocycles. The summed E-state index contributed by atoms with van der Waals surface area (Å²) < 4.78 is 38.9. The first-order valence-corrected chi connectivity index (χ1v) is 8.10. The van der Waals surface area contributed by atoms with E-state index in [-0.39, 0.29) is 22.8 Å². The summed E-state index contributed by atoms with van der Waals surface area (Å²) in [7, 11) is 0. The SMILES string of the molecule is C[C@@H]1C[C@]2(C(=O)N3C[C@@H]4Oc5c(F)ccc(F)c5O[C@@H]4C3)C[C@H]12. The Kier molecular flexibility index (Phi) is 2.46. The molecule has 2 aliphatic carbocycles. The van der Waals surface area contributed by atoms with E-state index in [4.69, 9.17) is 9.47 Å². The Hall–Kier alpha value is -1.85. The van der Waals surface area contributed by atoms with Gasteiger partial charge in [-0.3, -0.25) is 4.79 Å². The molecule has 1 aromatic rings. The number of nitrogens with zero attached hydrogens (tertiary/aromatic N) is 1. The molecule has 0 N–H and O–H groups in total. The van der Waals surface area contributed by atoms with Crippen molar-refractivity contribution in [2.45, 2.75) is 32.0 Å². The van der Waals surface area contributed by atoms with Crippen LogP contribution in [0.4, 0.5) is 8.78 Å². The number of carbonyl (C=O) groups excluding carboxylic acids is 1. The maximum absolute atomic E-state index is 13.8. The first kappa shape index (κ1) is 13.6. The summed E-state index contributed by atoms with van der Waals surface area (Å²) in [6, 6.07) is 2.05. The number of ether oxygens (including phenoxy) is 2. The number of halogens is 2. The largest absolute Gasteiger partial charge is 0.478 e. The molecule has 3 fully saturated rings. The van der Waals surface area contributed by atoms with Crippen molar-refractivity contribution in [3.05, 3.63) is 23.8 Å². The van der Waals surface area contributed by atoms with Crippen molar-refractivity contribution in [3.8, 4) is 11.5 Å². The summed E-state index contributed by atoms with van der Waals surface area (Å²) in [5.41, 5.74) is -0.156. The molecule has 23 heavy (non-hydrogen) atoms. The average Bonchev–Trinajstić information content (AvgIpc) is 2.96. The molecule has 2 heterocycles. The van der Waals surface area contributed by atoms with Crippen molar-refractivity contribution in [2.24, 2.45) is 17.3 Å². The third-order valence-electron chi connectivity index (χ3n) is 5.99. The maximum Gasteiger partial charge on any atom is 0.229 e. The van der Waals surface area contributed by atoms with Gasteiger partial charge in [0, 0.05) is 0 Å². The fourth-order valence-electron chi connectivity index (χ4n) is 4.69. The molecule has 0 bridgehead atoms. The van der Waals surface area contributed by atoms with Crippen LogP contribution in [0.5, 0.6) is 11.5 Å². The van der Waals surface area contributed by atoms with Crippen LogP contribution < -0.4 is 9.47 Å². The smallest absolute Gasteiger partial charge is 0.229 e. The Balaban J connectivity index is 1.37. The highest BCUT2D eigenvalue weighted by atomic mass is 19.1. The Bertz CT molecular complexity index is 685. The summed E-state index contributed by atoms with van der Waals surface area (Å²) in [5.74, 6) is -0.334.